The Bertz CT molecular complexity index is 316. The minimum atomic E-state index is -0.0625. The molecule has 0 amide bonds. The Morgan fingerprint density at radius 2 is 1.53 bits per heavy atom. The molecule has 1 aromatic rings. The van der Waals surface area contributed by atoms with Crippen molar-refractivity contribution in [2.75, 3.05) is 0 Å². The molecule has 0 atom stereocenters. The summed E-state index contributed by atoms with van der Waals surface area (Å²) >= 11 is 0. The van der Waals surface area contributed by atoms with Crippen molar-refractivity contribution in [3.63, 3.8) is 0 Å². The number of rotatable bonds is 3. The van der Waals surface area contributed by atoms with Crippen LogP contribution < -0.4 is 0 Å². The number of ketones is 2. The van der Waals surface area contributed by atoms with Crippen LogP contribution in [-0.4, -0.2) is 17.9 Å². The molecule has 1 rings (SSSR count). The molecule has 0 bridgehead atoms. The summed E-state index contributed by atoms with van der Waals surface area (Å²) in [6.45, 7) is 2.81. The van der Waals surface area contributed by atoms with E-state index in [1.54, 1.807) is 12.1 Å². The van der Waals surface area contributed by atoms with Crippen LogP contribution in [0.3, 0.4) is 0 Å². The molecule has 0 aromatic heterocycles. The highest BCUT2D eigenvalue weighted by Gasteiger charge is 1.94. The Balaban J connectivity index is 0.000000265. The molecule has 80 valence electrons. The van der Waals surface area contributed by atoms with Gasteiger partial charge in [-0.05, 0) is 13.8 Å². The van der Waals surface area contributed by atoms with E-state index < -0.39 is 0 Å². The topological polar surface area (TPSA) is 51.2 Å². The second-order valence-corrected chi connectivity index (χ2v) is 3.11. The third kappa shape index (κ3) is 8.56. The maximum Gasteiger partial charge on any atom is 0.150 e. The van der Waals surface area contributed by atoms with Gasteiger partial charge in [-0.25, -0.2) is 0 Å². The molecular formula is C12H14O3. The third-order valence-electron chi connectivity index (χ3n) is 1.43. The zero-order valence-corrected chi connectivity index (χ0v) is 8.90. The van der Waals surface area contributed by atoms with Crippen molar-refractivity contribution in [3.8, 4) is 0 Å². The van der Waals surface area contributed by atoms with Crippen LogP contribution in [0.15, 0.2) is 30.3 Å². The molecule has 0 heterocycles. The third-order valence-corrected chi connectivity index (χ3v) is 1.43. The van der Waals surface area contributed by atoms with Crippen molar-refractivity contribution in [2.45, 2.75) is 20.3 Å². The van der Waals surface area contributed by atoms with E-state index in [1.165, 1.54) is 13.8 Å². The highest BCUT2D eigenvalue weighted by Crippen LogP contribution is 1.91. The van der Waals surface area contributed by atoms with E-state index in [1.807, 2.05) is 18.2 Å². The van der Waals surface area contributed by atoms with Crippen LogP contribution in [0.4, 0.5) is 0 Å². The number of aldehydes is 1. The van der Waals surface area contributed by atoms with Crippen molar-refractivity contribution in [1.82, 2.24) is 0 Å². The van der Waals surface area contributed by atoms with Gasteiger partial charge in [0.2, 0.25) is 0 Å². The molecule has 0 aliphatic carbocycles. The van der Waals surface area contributed by atoms with Gasteiger partial charge in [-0.2, -0.15) is 0 Å². The van der Waals surface area contributed by atoms with Crippen molar-refractivity contribution in [3.05, 3.63) is 35.9 Å². The number of Topliss-reactive ketones (excluding diaryl/α,β-unsaturated/α-hetero) is 2. The Labute approximate surface area is 89.1 Å². The largest absolute Gasteiger partial charge is 0.300 e. The summed E-state index contributed by atoms with van der Waals surface area (Å²) in [5.41, 5.74) is 0.729. The summed E-state index contributed by atoms with van der Waals surface area (Å²) in [7, 11) is 0. The van der Waals surface area contributed by atoms with Crippen molar-refractivity contribution in [2.24, 2.45) is 0 Å². The fourth-order valence-electron chi connectivity index (χ4n) is 0.882. The minimum Gasteiger partial charge on any atom is -0.300 e. The first-order valence-corrected chi connectivity index (χ1v) is 4.55. The van der Waals surface area contributed by atoms with Gasteiger partial charge in [0.15, 0.2) is 0 Å². The zero-order valence-electron chi connectivity index (χ0n) is 8.90. The quantitative estimate of drug-likeness (QED) is 0.561. The minimum absolute atomic E-state index is 0.0625. The van der Waals surface area contributed by atoms with Crippen LogP contribution in [0, 0.1) is 0 Å². The van der Waals surface area contributed by atoms with E-state index in [-0.39, 0.29) is 18.0 Å². The molecule has 0 unspecified atom stereocenters. The molecule has 1 aromatic carbocycles. The van der Waals surface area contributed by atoms with Crippen molar-refractivity contribution in [1.29, 1.82) is 0 Å². The van der Waals surface area contributed by atoms with Gasteiger partial charge < -0.3 is 0 Å². The van der Waals surface area contributed by atoms with E-state index in [0.29, 0.717) is 0 Å². The average Bonchev–Trinajstić information content (AvgIpc) is 2.18. The molecule has 3 heteroatoms. The molecule has 0 spiro atoms. The van der Waals surface area contributed by atoms with Crippen LogP contribution in [-0.2, 0) is 9.59 Å². The molecule has 15 heavy (non-hydrogen) atoms. The maximum absolute atomic E-state index is 10.0. The van der Waals surface area contributed by atoms with E-state index in [0.717, 1.165) is 11.8 Å². The summed E-state index contributed by atoms with van der Waals surface area (Å²) in [4.78, 5) is 30.1. The number of hydrogen-bond donors (Lipinski definition) is 0. The number of carbonyl (C=O) groups excluding carboxylic acids is 3. The fraction of sp³-hybridized carbons (Fsp3) is 0.250. The van der Waals surface area contributed by atoms with Crippen LogP contribution in [0.2, 0.25) is 0 Å². The number of benzene rings is 1. The number of carbonyl (C=O) groups is 3. The monoisotopic (exact) mass is 206 g/mol. The van der Waals surface area contributed by atoms with Gasteiger partial charge in [0, 0.05) is 5.56 Å². The molecular weight excluding hydrogens is 192 g/mol. The second-order valence-electron chi connectivity index (χ2n) is 3.11. The first-order chi connectivity index (χ1) is 7.06. The first kappa shape index (κ1) is 13.2. The first-order valence-electron chi connectivity index (χ1n) is 4.55. The molecule has 0 aliphatic heterocycles. The molecule has 0 radical (unpaired) electrons. The summed E-state index contributed by atoms with van der Waals surface area (Å²) < 4.78 is 0. The Kier molecular flexibility index (Phi) is 6.72. The number of hydrogen-bond acceptors (Lipinski definition) is 3. The Morgan fingerprint density at radius 1 is 1.07 bits per heavy atom. The van der Waals surface area contributed by atoms with Gasteiger partial charge in [0.1, 0.15) is 17.9 Å². The van der Waals surface area contributed by atoms with E-state index in [2.05, 4.69) is 0 Å². The second kappa shape index (κ2) is 7.62. The smallest absolute Gasteiger partial charge is 0.150 e. The van der Waals surface area contributed by atoms with Crippen LogP contribution in [0.25, 0.3) is 0 Å². The lowest BCUT2D eigenvalue weighted by Crippen LogP contribution is -1.97. The Hall–Kier alpha value is -1.77. The SMILES string of the molecule is CC(=O)CC(C)=O.O=Cc1ccccc1. The molecule has 0 aliphatic rings. The fourth-order valence-corrected chi connectivity index (χ4v) is 0.882. The average molecular weight is 206 g/mol. The Morgan fingerprint density at radius 3 is 1.73 bits per heavy atom. The van der Waals surface area contributed by atoms with Gasteiger partial charge in [0.25, 0.3) is 0 Å². The van der Waals surface area contributed by atoms with Crippen LogP contribution >= 0.6 is 0 Å². The molecule has 0 saturated heterocycles. The lowest BCUT2D eigenvalue weighted by atomic mass is 10.2. The highest BCUT2D eigenvalue weighted by molar-refractivity contribution is 5.96. The van der Waals surface area contributed by atoms with Gasteiger partial charge >= 0.3 is 0 Å². The van der Waals surface area contributed by atoms with Crippen LogP contribution in [0.1, 0.15) is 30.6 Å². The predicted molar refractivity (Wildman–Crippen MR) is 57.8 cm³/mol. The summed E-state index contributed by atoms with van der Waals surface area (Å²) in [5.74, 6) is -0.125. The van der Waals surface area contributed by atoms with Crippen LogP contribution in [0.5, 0.6) is 0 Å². The molecule has 0 fully saturated rings. The van der Waals surface area contributed by atoms with Crippen molar-refractivity contribution < 1.29 is 14.4 Å². The molecule has 0 N–H and O–H groups in total. The highest BCUT2D eigenvalue weighted by atomic mass is 16.1. The van der Waals surface area contributed by atoms with Crippen molar-refractivity contribution >= 4 is 17.9 Å². The van der Waals surface area contributed by atoms with Gasteiger partial charge in [-0.3, -0.25) is 14.4 Å². The lowest BCUT2D eigenvalue weighted by Gasteiger charge is -1.81. The zero-order chi connectivity index (χ0) is 11.7. The maximum atomic E-state index is 10.0. The standard InChI is InChI=1S/C7H6O.C5H8O2/c8-6-7-4-2-1-3-5-7;1-4(6)3-5(2)7/h1-6H;3H2,1-2H3. The van der Waals surface area contributed by atoms with E-state index in [9.17, 15) is 14.4 Å². The molecule has 0 saturated carbocycles. The summed E-state index contributed by atoms with van der Waals surface area (Å²) in [6, 6.07) is 9.10. The van der Waals surface area contributed by atoms with E-state index in [4.69, 9.17) is 0 Å². The lowest BCUT2D eigenvalue weighted by molar-refractivity contribution is -0.124. The predicted octanol–water partition coefficient (Wildman–Crippen LogP) is 2.05. The normalized spacial score (nSPS) is 8.40. The summed E-state index contributed by atoms with van der Waals surface area (Å²) in [5, 5.41) is 0. The summed E-state index contributed by atoms with van der Waals surface area (Å²) in [6.07, 6.45) is 0.917. The molecule has 3 nitrogen and oxygen atoms in total. The van der Waals surface area contributed by atoms with Gasteiger partial charge in [-0.15, -0.1) is 0 Å². The van der Waals surface area contributed by atoms with Gasteiger partial charge in [0.05, 0.1) is 6.42 Å². The van der Waals surface area contributed by atoms with Gasteiger partial charge in [-0.1, -0.05) is 30.3 Å². The van der Waals surface area contributed by atoms with E-state index >= 15 is 0 Å².